The number of rotatable bonds is 5. The predicted octanol–water partition coefficient (Wildman–Crippen LogP) is 4.57. The molecule has 33 heavy (non-hydrogen) atoms. The van der Waals surface area contributed by atoms with Gasteiger partial charge in [-0.25, -0.2) is 4.79 Å². The molecule has 3 aromatic rings. The number of carbonyl (C=O) groups is 1. The topological polar surface area (TPSA) is 81.3 Å². The Morgan fingerprint density at radius 1 is 1.03 bits per heavy atom. The van der Waals surface area contributed by atoms with Crippen LogP contribution in [-0.4, -0.2) is 40.3 Å². The minimum atomic E-state index is -5.10. The molecule has 2 heterocycles. The summed E-state index contributed by atoms with van der Waals surface area (Å²) < 4.78 is 42.6. The smallest absolute Gasteiger partial charge is 0.419 e. The lowest BCUT2D eigenvalue weighted by Gasteiger charge is -2.32. The number of hydrogen-bond acceptors (Lipinski definition) is 6. The number of likely N-dealkylation sites (tertiary alicyclic amines) is 1. The van der Waals surface area contributed by atoms with Crippen molar-refractivity contribution in [3.05, 3.63) is 71.8 Å². The molecule has 1 fully saturated rings. The SMILES string of the molecule is Nc1nnc(-c2ccccc2OC(=O)C(F)(F)F)cc1C1CCN(Cc2ccccc2)CC1. The third-order valence-corrected chi connectivity index (χ3v) is 5.73. The Labute approximate surface area is 189 Å². The normalized spacial score (nSPS) is 15.4. The number of aromatic nitrogens is 2. The van der Waals surface area contributed by atoms with Gasteiger partial charge in [0.1, 0.15) is 11.6 Å². The highest BCUT2D eigenvalue weighted by atomic mass is 19.4. The van der Waals surface area contributed by atoms with E-state index >= 15 is 0 Å². The third-order valence-electron chi connectivity index (χ3n) is 5.73. The number of esters is 1. The highest BCUT2D eigenvalue weighted by molar-refractivity contribution is 5.81. The van der Waals surface area contributed by atoms with E-state index in [-0.39, 0.29) is 17.2 Å². The van der Waals surface area contributed by atoms with E-state index in [1.54, 1.807) is 12.1 Å². The summed E-state index contributed by atoms with van der Waals surface area (Å²) in [4.78, 5) is 13.7. The van der Waals surface area contributed by atoms with Gasteiger partial charge in [0.2, 0.25) is 0 Å². The van der Waals surface area contributed by atoms with Crippen LogP contribution in [0.15, 0.2) is 60.7 Å². The van der Waals surface area contributed by atoms with Gasteiger partial charge in [0.05, 0.1) is 5.69 Å². The van der Waals surface area contributed by atoms with Crippen LogP contribution in [0, 0.1) is 0 Å². The molecular weight excluding hydrogens is 433 g/mol. The highest BCUT2D eigenvalue weighted by Crippen LogP contribution is 2.36. The van der Waals surface area contributed by atoms with Crippen molar-refractivity contribution >= 4 is 11.8 Å². The van der Waals surface area contributed by atoms with E-state index in [4.69, 9.17) is 5.73 Å². The Bertz CT molecular complexity index is 1110. The van der Waals surface area contributed by atoms with Crippen molar-refractivity contribution < 1.29 is 22.7 Å². The molecule has 172 valence electrons. The molecule has 2 aromatic carbocycles. The van der Waals surface area contributed by atoms with Gasteiger partial charge >= 0.3 is 12.1 Å². The summed E-state index contributed by atoms with van der Waals surface area (Å²) in [7, 11) is 0. The van der Waals surface area contributed by atoms with Gasteiger partial charge in [0.15, 0.2) is 0 Å². The molecule has 6 nitrogen and oxygen atoms in total. The maximum absolute atomic E-state index is 12.7. The lowest BCUT2D eigenvalue weighted by molar-refractivity contribution is -0.189. The summed E-state index contributed by atoms with van der Waals surface area (Å²) in [6.07, 6.45) is -3.36. The Kier molecular flexibility index (Phi) is 6.60. The number of hydrogen-bond donors (Lipinski definition) is 1. The number of nitrogens with zero attached hydrogens (tertiary/aromatic N) is 3. The largest absolute Gasteiger partial charge is 0.491 e. The van der Waals surface area contributed by atoms with Crippen molar-refractivity contribution in [1.29, 1.82) is 0 Å². The number of carbonyl (C=O) groups excluding carboxylic acids is 1. The molecule has 9 heteroatoms. The standard InChI is InChI=1S/C24H23F3N4O2/c25-24(26,27)23(32)33-21-9-5-4-8-18(21)20-14-19(22(28)30-29-20)17-10-12-31(13-11-17)15-16-6-2-1-3-7-16/h1-9,14,17H,10-13,15H2,(H2,28,30). The maximum atomic E-state index is 12.7. The van der Waals surface area contributed by atoms with Crippen molar-refractivity contribution in [3.8, 4) is 17.0 Å². The van der Waals surface area contributed by atoms with E-state index < -0.39 is 12.1 Å². The molecule has 0 radical (unpaired) electrons. The van der Waals surface area contributed by atoms with Gasteiger partial charge in [-0.2, -0.15) is 13.2 Å². The molecule has 0 spiro atoms. The molecule has 1 saturated heterocycles. The highest BCUT2D eigenvalue weighted by Gasteiger charge is 2.41. The first kappa shape index (κ1) is 22.7. The van der Waals surface area contributed by atoms with Crippen LogP contribution < -0.4 is 10.5 Å². The van der Waals surface area contributed by atoms with Crippen LogP contribution in [0.25, 0.3) is 11.3 Å². The Hall–Kier alpha value is -3.46. The number of ether oxygens (including phenoxy) is 1. The third kappa shape index (κ3) is 5.48. The Morgan fingerprint density at radius 3 is 2.39 bits per heavy atom. The first-order chi connectivity index (χ1) is 15.8. The average Bonchev–Trinajstić information content (AvgIpc) is 2.81. The molecule has 1 aliphatic rings. The lowest BCUT2D eigenvalue weighted by Crippen LogP contribution is -2.32. The van der Waals surface area contributed by atoms with E-state index in [0.717, 1.165) is 38.0 Å². The molecule has 0 unspecified atom stereocenters. The van der Waals surface area contributed by atoms with Crippen LogP contribution in [0.5, 0.6) is 5.75 Å². The second kappa shape index (κ2) is 9.58. The predicted molar refractivity (Wildman–Crippen MR) is 117 cm³/mol. The number of alkyl halides is 3. The molecule has 0 saturated carbocycles. The number of halogens is 3. The van der Waals surface area contributed by atoms with Crippen molar-refractivity contribution in [1.82, 2.24) is 15.1 Å². The number of para-hydroxylation sites is 1. The van der Waals surface area contributed by atoms with E-state index in [2.05, 4.69) is 32.0 Å². The fourth-order valence-corrected chi connectivity index (χ4v) is 4.04. The van der Waals surface area contributed by atoms with Crippen LogP contribution in [0.3, 0.4) is 0 Å². The second-order valence-corrected chi connectivity index (χ2v) is 7.99. The monoisotopic (exact) mass is 456 g/mol. The molecule has 0 atom stereocenters. The number of piperidine rings is 1. The number of nitrogen functional groups attached to an aromatic ring is 1. The molecule has 1 aliphatic heterocycles. The van der Waals surface area contributed by atoms with Crippen molar-refractivity contribution in [2.75, 3.05) is 18.8 Å². The quantitative estimate of drug-likeness (QED) is 0.447. The number of anilines is 1. The van der Waals surface area contributed by atoms with Crippen molar-refractivity contribution in [3.63, 3.8) is 0 Å². The first-order valence-corrected chi connectivity index (χ1v) is 10.6. The zero-order valence-corrected chi connectivity index (χ0v) is 17.8. The van der Waals surface area contributed by atoms with E-state index in [1.165, 1.54) is 23.8 Å². The summed E-state index contributed by atoms with van der Waals surface area (Å²) in [6, 6.07) is 17.9. The van der Waals surface area contributed by atoms with Gasteiger partial charge in [-0.3, -0.25) is 4.90 Å². The average molecular weight is 456 g/mol. The second-order valence-electron chi connectivity index (χ2n) is 7.99. The lowest BCUT2D eigenvalue weighted by atomic mass is 9.89. The minimum Gasteiger partial charge on any atom is -0.419 e. The van der Waals surface area contributed by atoms with Gasteiger partial charge in [0, 0.05) is 17.7 Å². The molecular formula is C24H23F3N4O2. The van der Waals surface area contributed by atoms with Crippen LogP contribution in [0.4, 0.5) is 19.0 Å². The van der Waals surface area contributed by atoms with Crippen LogP contribution in [0.1, 0.15) is 29.9 Å². The molecule has 1 aromatic heterocycles. The van der Waals surface area contributed by atoms with Gasteiger partial charge in [-0.15, -0.1) is 10.2 Å². The molecule has 0 amide bonds. The van der Waals surface area contributed by atoms with Gasteiger partial charge < -0.3 is 10.5 Å². The van der Waals surface area contributed by atoms with E-state index in [0.29, 0.717) is 11.5 Å². The number of nitrogens with two attached hydrogens (primary N) is 1. The van der Waals surface area contributed by atoms with Crippen LogP contribution in [0.2, 0.25) is 0 Å². The van der Waals surface area contributed by atoms with E-state index in [9.17, 15) is 18.0 Å². The number of benzene rings is 2. The maximum Gasteiger partial charge on any atom is 0.491 e. The summed E-state index contributed by atoms with van der Waals surface area (Å²) in [6.45, 7) is 2.65. The summed E-state index contributed by atoms with van der Waals surface area (Å²) >= 11 is 0. The zero-order valence-electron chi connectivity index (χ0n) is 17.8. The Morgan fingerprint density at radius 2 is 1.70 bits per heavy atom. The van der Waals surface area contributed by atoms with Crippen LogP contribution >= 0.6 is 0 Å². The van der Waals surface area contributed by atoms with Gasteiger partial charge in [0.25, 0.3) is 0 Å². The van der Waals surface area contributed by atoms with Gasteiger partial charge in [-0.1, -0.05) is 42.5 Å². The summed E-state index contributed by atoms with van der Waals surface area (Å²) in [5.41, 5.74) is 8.71. The molecule has 0 bridgehead atoms. The van der Waals surface area contributed by atoms with Crippen molar-refractivity contribution in [2.45, 2.75) is 31.5 Å². The molecule has 4 rings (SSSR count). The van der Waals surface area contributed by atoms with E-state index in [1.807, 2.05) is 18.2 Å². The fraction of sp³-hybridized carbons (Fsp3) is 0.292. The summed E-state index contributed by atoms with van der Waals surface area (Å²) in [5, 5.41) is 8.08. The minimum absolute atomic E-state index is 0.149. The first-order valence-electron chi connectivity index (χ1n) is 10.6. The molecule has 2 N–H and O–H groups in total. The summed E-state index contributed by atoms with van der Waals surface area (Å²) in [5.74, 6) is -2.08. The zero-order chi connectivity index (χ0) is 23.4. The van der Waals surface area contributed by atoms with Gasteiger partial charge in [-0.05, 0) is 55.6 Å². The fourth-order valence-electron chi connectivity index (χ4n) is 4.04. The molecule has 0 aliphatic carbocycles. The van der Waals surface area contributed by atoms with Crippen LogP contribution in [-0.2, 0) is 11.3 Å². The Balaban J connectivity index is 1.51. The van der Waals surface area contributed by atoms with Crippen molar-refractivity contribution in [2.24, 2.45) is 0 Å².